The van der Waals surface area contributed by atoms with E-state index < -0.39 is 6.10 Å². The van der Waals surface area contributed by atoms with Gasteiger partial charge in [0.15, 0.2) is 6.10 Å². The standard InChI is InChI=1S/C75H132O6/c1-4-7-10-13-16-19-22-24-26-28-30-31-32-33-34-35-36-37-38-39-40-41-42-43-45-46-48-50-53-56-59-62-65-68-74(77)80-71-72(70-79-73(76)67-64-61-58-55-52-21-18-15-12-9-6-3)81-75(78)69-66-63-60-57-54-51-49-47-44-29-27-25-23-20-17-14-11-8-5-2/h7,10,16-17,19-20,24-27,30-31,33-34,72H,4-6,8-9,11-15,18,21-23,28-29,32,35-71H2,1-3H3/b10-7-,19-16-,20-17-,26-24-,27-25-,31-30-,34-33-. The van der Waals surface area contributed by atoms with Crippen molar-refractivity contribution in [3.63, 3.8) is 0 Å². The van der Waals surface area contributed by atoms with Crippen molar-refractivity contribution in [1.29, 1.82) is 0 Å². The number of rotatable bonds is 64. The van der Waals surface area contributed by atoms with Gasteiger partial charge in [0.1, 0.15) is 13.2 Å². The zero-order valence-electron chi connectivity index (χ0n) is 53.8. The Morgan fingerprint density at radius 3 is 0.778 bits per heavy atom. The Hall–Kier alpha value is -3.41. The molecule has 0 aliphatic carbocycles. The van der Waals surface area contributed by atoms with Gasteiger partial charge in [-0.25, -0.2) is 0 Å². The van der Waals surface area contributed by atoms with Gasteiger partial charge in [0.25, 0.3) is 0 Å². The molecule has 0 amide bonds. The molecule has 1 atom stereocenters. The summed E-state index contributed by atoms with van der Waals surface area (Å²) in [6.07, 6.45) is 91.9. The minimum atomic E-state index is -0.776. The van der Waals surface area contributed by atoms with Crippen LogP contribution in [0.3, 0.4) is 0 Å². The lowest BCUT2D eigenvalue weighted by atomic mass is 10.0. The number of carbonyl (C=O) groups excluding carboxylic acids is 3. The number of carbonyl (C=O) groups is 3. The minimum Gasteiger partial charge on any atom is -0.462 e. The second-order valence-corrected chi connectivity index (χ2v) is 23.4. The third-order valence-electron chi connectivity index (χ3n) is 15.4. The fourth-order valence-electron chi connectivity index (χ4n) is 10.2. The van der Waals surface area contributed by atoms with Crippen LogP contribution in [0.25, 0.3) is 0 Å². The zero-order valence-corrected chi connectivity index (χ0v) is 53.8. The average molecular weight is 1130 g/mol. The van der Waals surface area contributed by atoms with Crippen molar-refractivity contribution in [2.24, 2.45) is 0 Å². The van der Waals surface area contributed by atoms with E-state index in [-0.39, 0.29) is 31.1 Å². The van der Waals surface area contributed by atoms with Crippen LogP contribution in [-0.2, 0) is 28.6 Å². The van der Waals surface area contributed by atoms with Gasteiger partial charge in [-0.1, -0.05) is 324 Å². The predicted molar refractivity (Wildman–Crippen MR) is 353 cm³/mol. The summed E-state index contributed by atoms with van der Waals surface area (Å²) in [5, 5.41) is 0. The molecule has 0 aromatic carbocycles. The molecule has 0 aliphatic rings. The molecule has 0 aromatic rings. The van der Waals surface area contributed by atoms with Crippen LogP contribution in [0.4, 0.5) is 0 Å². The summed E-state index contributed by atoms with van der Waals surface area (Å²) in [4.78, 5) is 38.3. The van der Waals surface area contributed by atoms with Crippen LogP contribution >= 0.6 is 0 Å². The van der Waals surface area contributed by atoms with E-state index in [1.807, 2.05) is 0 Å². The second kappa shape index (κ2) is 69.1. The van der Waals surface area contributed by atoms with Crippen LogP contribution in [0, 0.1) is 0 Å². The van der Waals surface area contributed by atoms with Gasteiger partial charge in [0.05, 0.1) is 0 Å². The Balaban J connectivity index is 4.14. The first-order chi connectivity index (χ1) is 40.0. The lowest BCUT2D eigenvalue weighted by Gasteiger charge is -2.18. The molecule has 0 fully saturated rings. The molecule has 0 N–H and O–H groups in total. The fraction of sp³-hybridized carbons (Fsp3) is 0.773. The highest BCUT2D eigenvalue weighted by atomic mass is 16.6. The van der Waals surface area contributed by atoms with Crippen molar-refractivity contribution in [2.75, 3.05) is 13.2 Å². The van der Waals surface area contributed by atoms with Crippen LogP contribution in [0.15, 0.2) is 85.1 Å². The topological polar surface area (TPSA) is 78.9 Å². The lowest BCUT2D eigenvalue weighted by molar-refractivity contribution is -0.167. The van der Waals surface area contributed by atoms with Crippen molar-refractivity contribution < 1.29 is 28.6 Å². The molecular weight excluding hydrogens is 997 g/mol. The van der Waals surface area contributed by atoms with Crippen LogP contribution in [0.1, 0.15) is 355 Å². The van der Waals surface area contributed by atoms with Crippen LogP contribution < -0.4 is 0 Å². The molecule has 0 saturated carbocycles. The summed E-state index contributed by atoms with van der Waals surface area (Å²) in [6, 6.07) is 0. The van der Waals surface area contributed by atoms with E-state index in [9.17, 15) is 14.4 Å². The number of unbranched alkanes of at least 4 members (excludes halogenated alkanes) is 39. The first-order valence-electron chi connectivity index (χ1n) is 35.1. The summed E-state index contributed by atoms with van der Waals surface area (Å²) in [5.74, 6) is -0.858. The number of ether oxygens (including phenoxy) is 3. The summed E-state index contributed by atoms with van der Waals surface area (Å²) >= 11 is 0. The molecule has 6 nitrogen and oxygen atoms in total. The van der Waals surface area contributed by atoms with Gasteiger partial charge < -0.3 is 14.2 Å². The third kappa shape index (κ3) is 67.3. The molecular formula is C75H132O6. The van der Waals surface area contributed by atoms with Crippen LogP contribution in [-0.4, -0.2) is 37.2 Å². The van der Waals surface area contributed by atoms with Crippen molar-refractivity contribution in [3.05, 3.63) is 85.1 Å². The number of esters is 3. The van der Waals surface area contributed by atoms with Gasteiger partial charge in [-0.2, -0.15) is 0 Å². The third-order valence-corrected chi connectivity index (χ3v) is 15.4. The Kier molecular flexibility index (Phi) is 66.2. The molecule has 0 bridgehead atoms. The molecule has 0 aliphatic heterocycles. The first-order valence-corrected chi connectivity index (χ1v) is 35.1. The monoisotopic (exact) mass is 1130 g/mol. The van der Waals surface area contributed by atoms with Crippen LogP contribution in [0.5, 0.6) is 0 Å². The smallest absolute Gasteiger partial charge is 0.306 e. The zero-order chi connectivity index (χ0) is 58.5. The Bertz CT molecular complexity index is 1530. The van der Waals surface area contributed by atoms with Gasteiger partial charge in [0, 0.05) is 19.3 Å². The minimum absolute atomic E-state index is 0.0724. The highest BCUT2D eigenvalue weighted by Crippen LogP contribution is 2.18. The molecule has 0 aromatic heterocycles. The molecule has 0 rings (SSSR count). The molecule has 0 radical (unpaired) electrons. The van der Waals surface area contributed by atoms with Gasteiger partial charge in [-0.05, 0) is 96.3 Å². The average Bonchev–Trinajstić information content (AvgIpc) is 3.47. The highest BCUT2D eigenvalue weighted by molar-refractivity contribution is 5.71. The summed E-state index contributed by atoms with van der Waals surface area (Å²) < 4.78 is 17.0. The fourth-order valence-corrected chi connectivity index (χ4v) is 10.2. The summed E-state index contributed by atoms with van der Waals surface area (Å²) in [6.45, 7) is 6.54. The van der Waals surface area contributed by atoms with E-state index in [2.05, 4.69) is 106 Å². The lowest BCUT2D eigenvalue weighted by Crippen LogP contribution is -2.30. The molecule has 6 heteroatoms. The second-order valence-electron chi connectivity index (χ2n) is 23.4. The number of allylic oxidation sites excluding steroid dienone is 14. The normalized spacial score (nSPS) is 12.6. The van der Waals surface area contributed by atoms with Gasteiger partial charge in [-0.3, -0.25) is 14.4 Å². The molecule has 0 saturated heterocycles. The van der Waals surface area contributed by atoms with E-state index in [1.165, 1.54) is 218 Å². The molecule has 81 heavy (non-hydrogen) atoms. The van der Waals surface area contributed by atoms with E-state index >= 15 is 0 Å². The molecule has 1 unspecified atom stereocenters. The number of hydrogen-bond donors (Lipinski definition) is 0. The Morgan fingerprint density at radius 1 is 0.259 bits per heavy atom. The maximum absolute atomic E-state index is 12.9. The van der Waals surface area contributed by atoms with E-state index in [0.717, 1.165) is 96.3 Å². The maximum Gasteiger partial charge on any atom is 0.306 e. The molecule has 468 valence electrons. The van der Waals surface area contributed by atoms with E-state index in [1.54, 1.807) is 0 Å². The Morgan fingerprint density at radius 2 is 0.481 bits per heavy atom. The van der Waals surface area contributed by atoms with E-state index in [0.29, 0.717) is 19.3 Å². The molecule has 0 spiro atoms. The number of hydrogen-bond acceptors (Lipinski definition) is 6. The highest BCUT2D eigenvalue weighted by Gasteiger charge is 2.19. The largest absolute Gasteiger partial charge is 0.462 e. The van der Waals surface area contributed by atoms with Gasteiger partial charge in [0.2, 0.25) is 0 Å². The van der Waals surface area contributed by atoms with Crippen molar-refractivity contribution >= 4 is 17.9 Å². The van der Waals surface area contributed by atoms with Gasteiger partial charge in [-0.15, -0.1) is 0 Å². The SMILES string of the molecule is CC/C=C\C/C=C\C/C=C\C/C=C\C/C=C\CCCCCCCCCCCCCCCCCCCC(=O)OCC(COC(=O)CCCCCCCCCCCCC)OC(=O)CCCCCCCCCCC/C=C\C/C=C\CCCCC. The summed E-state index contributed by atoms with van der Waals surface area (Å²) in [7, 11) is 0. The quantitative estimate of drug-likeness (QED) is 0.0261. The summed E-state index contributed by atoms with van der Waals surface area (Å²) in [5.41, 5.74) is 0. The Labute approximate surface area is 503 Å². The van der Waals surface area contributed by atoms with Gasteiger partial charge >= 0.3 is 17.9 Å². The molecule has 0 heterocycles. The predicted octanol–water partition coefficient (Wildman–Crippen LogP) is 24.2. The van der Waals surface area contributed by atoms with E-state index in [4.69, 9.17) is 14.2 Å². The van der Waals surface area contributed by atoms with Crippen molar-refractivity contribution in [3.8, 4) is 0 Å². The van der Waals surface area contributed by atoms with Crippen molar-refractivity contribution in [2.45, 2.75) is 361 Å². The first kappa shape index (κ1) is 77.6. The maximum atomic E-state index is 12.9. The van der Waals surface area contributed by atoms with Crippen LogP contribution in [0.2, 0.25) is 0 Å². The van der Waals surface area contributed by atoms with Crippen molar-refractivity contribution in [1.82, 2.24) is 0 Å².